The molecule has 1 aliphatic rings. The van der Waals surface area contributed by atoms with E-state index in [1.54, 1.807) is 6.07 Å². The lowest BCUT2D eigenvalue weighted by Gasteiger charge is -2.26. The van der Waals surface area contributed by atoms with Crippen LogP contribution in [0.4, 0.5) is 11.6 Å². The first-order valence-electron chi connectivity index (χ1n) is 6.10. The Morgan fingerprint density at radius 1 is 1.50 bits per heavy atom. The van der Waals surface area contributed by atoms with Crippen molar-refractivity contribution in [1.29, 1.82) is 0 Å². The number of pyridine rings is 1. The molecule has 1 saturated heterocycles. The van der Waals surface area contributed by atoms with Crippen LogP contribution in [0.3, 0.4) is 0 Å². The summed E-state index contributed by atoms with van der Waals surface area (Å²) in [7, 11) is 0. The van der Waals surface area contributed by atoms with Gasteiger partial charge in [0.1, 0.15) is 11.6 Å². The van der Waals surface area contributed by atoms with Gasteiger partial charge in [0.25, 0.3) is 0 Å². The lowest BCUT2D eigenvalue weighted by molar-refractivity contribution is 0.115. The number of nitrogens with two attached hydrogens (primary N) is 1. The van der Waals surface area contributed by atoms with Gasteiger partial charge in [0, 0.05) is 19.7 Å². The summed E-state index contributed by atoms with van der Waals surface area (Å²) in [6.07, 6.45) is 2.45. The average molecular weight is 290 g/mol. The molecule has 1 atom stereocenters. The highest BCUT2D eigenvalue weighted by atomic mass is 35.5. The number of rotatable bonds is 4. The van der Waals surface area contributed by atoms with Crippen LogP contribution in [-0.2, 0) is 4.74 Å². The largest absolute Gasteiger partial charge is 0.382 e. The Hall–Kier alpha value is -0.710. The zero-order chi connectivity index (χ0) is 13.1. The molecule has 1 fully saturated rings. The van der Waals surface area contributed by atoms with Crippen LogP contribution in [0.15, 0.2) is 6.07 Å². The highest BCUT2D eigenvalue weighted by Crippen LogP contribution is 2.30. The summed E-state index contributed by atoms with van der Waals surface area (Å²) < 4.78 is 5.63. The van der Waals surface area contributed by atoms with Gasteiger partial charge in [-0.2, -0.15) is 0 Å². The number of halogens is 2. The molecule has 1 aromatic rings. The Morgan fingerprint density at radius 3 is 2.89 bits per heavy atom. The van der Waals surface area contributed by atoms with Crippen LogP contribution in [0.1, 0.15) is 19.8 Å². The Labute approximate surface area is 117 Å². The zero-order valence-electron chi connectivity index (χ0n) is 10.3. The normalized spacial score (nSPS) is 19.2. The van der Waals surface area contributed by atoms with E-state index in [2.05, 4.69) is 16.8 Å². The average Bonchev–Trinajstić information content (AvgIpc) is 2.84. The second kappa shape index (κ2) is 5.95. The predicted octanol–water partition coefficient (Wildman–Crippen LogP) is 2.98. The van der Waals surface area contributed by atoms with E-state index in [1.165, 1.54) is 0 Å². The molecule has 0 amide bonds. The van der Waals surface area contributed by atoms with Crippen molar-refractivity contribution in [3.8, 4) is 0 Å². The van der Waals surface area contributed by atoms with Gasteiger partial charge in [0.05, 0.1) is 16.1 Å². The Bertz CT molecular complexity index is 422. The van der Waals surface area contributed by atoms with Crippen molar-refractivity contribution in [2.45, 2.75) is 25.9 Å². The van der Waals surface area contributed by atoms with Crippen molar-refractivity contribution < 1.29 is 4.74 Å². The van der Waals surface area contributed by atoms with Crippen molar-refractivity contribution >= 4 is 34.8 Å². The minimum atomic E-state index is 0.250. The van der Waals surface area contributed by atoms with Crippen molar-refractivity contribution in [3.05, 3.63) is 16.1 Å². The maximum absolute atomic E-state index is 6.18. The summed E-state index contributed by atoms with van der Waals surface area (Å²) in [5.41, 5.74) is 5.73. The molecule has 2 rings (SSSR count). The third kappa shape index (κ3) is 2.99. The molecule has 18 heavy (non-hydrogen) atoms. The van der Waals surface area contributed by atoms with Gasteiger partial charge in [-0.25, -0.2) is 4.98 Å². The monoisotopic (exact) mass is 289 g/mol. The summed E-state index contributed by atoms with van der Waals surface area (Å²) in [6.45, 7) is 4.47. The number of likely N-dealkylation sites (N-methyl/N-ethyl adjacent to an activating group) is 1. The summed E-state index contributed by atoms with van der Waals surface area (Å²) in [5.74, 6) is 0.985. The molecule has 4 nitrogen and oxygen atoms in total. The van der Waals surface area contributed by atoms with Crippen LogP contribution in [0.25, 0.3) is 0 Å². The molecular formula is C12H17Cl2N3O. The van der Waals surface area contributed by atoms with Crippen molar-refractivity contribution in [2.24, 2.45) is 0 Å². The predicted molar refractivity (Wildman–Crippen MR) is 75.5 cm³/mol. The maximum atomic E-state index is 6.18. The van der Waals surface area contributed by atoms with Gasteiger partial charge < -0.3 is 15.4 Å². The van der Waals surface area contributed by atoms with E-state index in [4.69, 9.17) is 33.7 Å². The van der Waals surface area contributed by atoms with E-state index in [1.807, 2.05) is 0 Å². The quantitative estimate of drug-likeness (QED) is 0.926. The lowest BCUT2D eigenvalue weighted by atomic mass is 10.2. The fourth-order valence-electron chi connectivity index (χ4n) is 2.09. The Balaban J connectivity index is 2.18. The smallest absolute Gasteiger partial charge is 0.150 e. The van der Waals surface area contributed by atoms with Crippen molar-refractivity contribution in [2.75, 3.05) is 30.3 Å². The fraction of sp³-hybridized carbons (Fsp3) is 0.583. The number of ether oxygens (including phenoxy) is 1. The summed E-state index contributed by atoms with van der Waals surface area (Å²) in [4.78, 5) is 6.34. The van der Waals surface area contributed by atoms with E-state index in [0.717, 1.165) is 32.5 Å². The van der Waals surface area contributed by atoms with Crippen molar-refractivity contribution in [3.63, 3.8) is 0 Å². The van der Waals surface area contributed by atoms with E-state index in [-0.39, 0.29) is 6.10 Å². The SMILES string of the molecule is CCN(CC1CCCO1)c1nc(N)c(Cl)cc1Cl. The van der Waals surface area contributed by atoms with Crippen LogP contribution >= 0.6 is 23.2 Å². The standard InChI is InChI=1S/C12H17Cl2N3O/c1-2-17(7-8-4-3-5-18-8)12-10(14)6-9(13)11(15)16-12/h6,8H,2-5,7H2,1H3,(H2,15,16). The van der Waals surface area contributed by atoms with Crippen LogP contribution in [0.2, 0.25) is 10.0 Å². The number of nitrogens with zero attached hydrogens (tertiary/aromatic N) is 2. The number of hydrogen-bond acceptors (Lipinski definition) is 4. The van der Waals surface area contributed by atoms with Gasteiger partial charge in [-0.1, -0.05) is 23.2 Å². The summed E-state index contributed by atoms with van der Waals surface area (Å²) in [5, 5.41) is 0.908. The second-order valence-electron chi connectivity index (χ2n) is 4.33. The number of aromatic nitrogens is 1. The number of hydrogen-bond donors (Lipinski definition) is 1. The molecule has 2 heterocycles. The Kier molecular flexibility index (Phi) is 4.54. The molecular weight excluding hydrogens is 273 g/mol. The molecule has 0 bridgehead atoms. The molecule has 1 aliphatic heterocycles. The van der Waals surface area contributed by atoms with Crippen LogP contribution in [-0.4, -0.2) is 30.8 Å². The second-order valence-corrected chi connectivity index (χ2v) is 5.15. The lowest BCUT2D eigenvalue weighted by Crippen LogP contribution is -2.33. The van der Waals surface area contributed by atoms with Crippen LogP contribution in [0, 0.1) is 0 Å². The van der Waals surface area contributed by atoms with Crippen molar-refractivity contribution in [1.82, 2.24) is 4.98 Å². The minimum absolute atomic E-state index is 0.250. The van der Waals surface area contributed by atoms with Gasteiger partial charge in [0.15, 0.2) is 0 Å². The highest BCUT2D eigenvalue weighted by molar-refractivity contribution is 6.37. The number of nitrogen functional groups attached to an aromatic ring is 1. The van der Waals surface area contributed by atoms with E-state index < -0.39 is 0 Å². The first-order valence-corrected chi connectivity index (χ1v) is 6.85. The van der Waals surface area contributed by atoms with E-state index in [9.17, 15) is 0 Å². The molecule has 0 radical (unpaired) electrons. The molecule has 0 spiro atoms. The highest BCUT2D eigenvalue weighted by Gasteiger charge is 2.21. The first-order chi connectivity index (χ1) is 8.61. The topological polar surface area (TPSA) is 51.4 Å². The molecule has 6 heteroatoms. The van der Waals surface area contributed by atoms with Crippen LogP contribution < -0.4 is 10.6 Å². The third-order valence-electron chi connectivity index (χ3n) is 3.07. The van der Waals surface area contributed by atoms with Crippen LogP contribution in [0.5, 0.6) is 0 Å². The zero-order valence-corrected chi connectivity index (χ0v) is 11.8. The molecule has 2 N–H and O–H groups in total. The summed E-state index contributed by atoms with van der Waals surface area (Å²) in [6, 6.07) is 1.64. The third-order valence-corrected chi connectivity index (χ3v) is 3.65. The molecule has 1 aromatic heterocycles. The van der Waals surface area contributed by atoms with E-state index >= 15 is 0 Å². The molecule has 1 unspecified atom stereocenters. The molecule has 0 aliphatic carbocycles. The minimum Gasteiger partial charge on any atom is -0.382 e. The molecule has 0 aromatic carbocycles. The van der Waals surface area contributed by atoms with Gasteiger partial charge in [-0.05, 0) is 25.8 Å². The summed E-state index contributed by atoms with van der Waals surface area (Å²) >= 11 is 12.1. The van der Waals surface area contributed by atoms with Gasteiger partial charge in [-0.15, -0.1) is 0 Å². The molecule has 0 saturated carbocycles. The number of anilines is 2. The van der Waals surface area contributed by atoms with Gasteiger partial charge in [0.2, 0.25) is 0 Å². The van der Waals surface area contributed by atoms with E-state index in [0.29, 0.717) is 21.7 Å². The first kappa shape index (κ1) is 13.7. The maximum Gasteiger partial charge on any atom is 0.150 e. The fourth-order valence-corrected chi connectivity index (χ4v) is 2.57. The Morgan fingerprint density at radius 2 is 2.28 bits per heavy atom. The van der Waals surface area contributed by atoms with Gasteiger partial charge in [-0.3, -0.25) is 0 Å². The van der Waals surface area contributed by atoms with Gasteiger partial charge >= 0.3 is 0 Å². The molecule has 100 valence electrons.